The Balaban J connectivity index is 2.33. The number of carbonyl (C=O) groups is 2. The largest absolute Gasteiger partial charge is 0.275 e. The maximum absolute atomic E-state index is 13.2. The fraction of sp³-hybridized carbons (Fsp3) is 0.125. The van der Waals surface area contributed by atoms with Crippen LogP contribution in [0.25, 0.3) is 0 Å². The highest BCUT2D eigenvalue weighted by atomic mass is 19.2. The van der Waals surface area contributed by atoms with Gasteiger partial charge in [-0.2, -0.15) is 0 Å². The molecule has 2 rings (SSSR count). The first kappa shape index (κ1) is 16.7. The van der Waals surface area contributed by atoms with Gasteiger partial charge >= 0.3 is 0 Å². The number of carbonyl (C=O) groups excluding carboxylic acids is 2. The minimum atomic E-state index is -1.23. The first-order valence-electron chi connectivity index (χ1n) is 6.61. The Morgan fingerprint density at radius 1 is 0.783 bits per heavy atom. The SMILES string of the molecule is CCN(C(=O)c1ccc(F)c(F)c1)C(=O)c1ccc(F)c(F)c1. The third kappa shape index (κ3) is 3.39. The van der Waals surface area contributed by atoms with Gasteiger partial charge in [-0.3, -0.25) is 14.5 Å². The number of halogens is 4. The van der Waals surface area contributed by atoms with E-state index in [1.807, 2.05) is 0 Å². The molecule has 120 valence electrons. The molecule has 0 aliphatic rings. The molecular weight excluding hydrogens is 314 g/mol. The number of imide groups is 1. The highest BCUT2D eigenvalue weighted by Crippen LogP contribution is 2.15. The zero-order valence-electron chi connectivity index (χ0n) is 11.9. The lowest BCUT2D eigenvalue weighted by Crippen LogP contribution is -2.36. The van der Waals surface area contributed by atoms with Crippen molar-refractivity contribution in [1.29, 1.82) is 0 Å². The van der Waals surface area contributed by atoms with Crippen LogP contribution in [-0.4, -0.2) is 23.3 Å². The van der Waals surface area contributed by atoms with Gasteiger partial charge in [-0.25, -0.2) is 17.6 Å². The lowest BCUT2D eigenvalue weighted by atomic mass is 10.1. The number of hydrogen-bond acceptors (Lipinski definition) is 2. The van der Waals surface area contributed by atoms with E-state index < -0.39 is 35.1 Å². The number of hydrogen-bond donors (Lipinski definition) is 0. The number of amides is 2. The lowest BCUT2D eigenvalue weighted by Gasteiger charge is -2.19. The van der Waals surface area contributed by atoms with Gasteiger partial charge in [0.15, 0.2) is 23.3 Å². The topological polar surface area (TPSA) is 37.4 Å². The van der Waals surface area contributed by atoms with E-state index in [1.54, 1.807) is 0 Å². The molecule has 0 saturated carbocycles. The zero-order valence-corrected chi connectivity index (χ0v) is 11.9. The molecule has 0 unspecified atom stereocenters. The third-order valence-corrected chi connectivity index (χ3v) is 3.14. The van der Waals surface area contributed by atoms with Crippen LogP contribution in [0.1, 0.15) is 27.6 Å². The second-order valence-electron chi connectivity index (χ2n) is 4.61. The van der Waals surface area contributed by atoms with Gasteiger partial charge < -0.3 is 0 Å². The molecule has 2 aromatic carbocycles. The fourth-order valence-electron chi connectivity index (χ4n) is 1.95. The molecule has 0 atom stereocenters. The molecule has 0 heterocycles. The number of benzene rings is 2. The highest BCUT2D eigenvalue weighted by Gasteiger charge is 2.24. The van der Waals surface area contributed by atoms with E-state index in [0.29, 0.717) is 12.1 Å². The Morgan fingerprint density at radius 3 is 1.48 bits per heavy atom. The highest BCUT2D eigenvalue weighted by molar-refractivity contribution is 6.10. The third-order valence-electron chi connectivity index (χ3n) is 3.14. The molecule has 3 nitrogen and oxygen atoms in total. The lowest BCUT2D eigenvalue weighted by molar-refractivity contribution is 0.0624. The van der Waals surface area contributed by atoms with E-state index in [4.69, 9.17) is 0 Å². The molecule has 0 aliphatic heterocycles. The predicted octanol–water partition coefficient (Wildman–Crippen LogP) is 3.55. The van der Waals surface area contributed by atoms with Crippen molar-refractivity contribution < 1.29 is 27.2 Å². The summed E-state index contributed by atoms with van der Waals surface area (Å²) in [4.78, 5) is 25.2. The number of nitrogens with zero attached hydrogens (tertiary/aromatic N) is 1. The fourth-order valence-corrected chi connectivity index (χ4v) is 1.95. The summed E-state index contributed by atoms with van der Waals surface area (Å²) in [6.07, 6.45) is 0. The molecular formula is C16H11F4NO2. The average molecular weight is 325 g/mol. The molecule has 23 heavy (non-hydrogen) atoms. The van der Waals surface area contributed by atoms with Crippen LogP contribution in [0.4, 0.5) is 17.6 Å². The van der Waals surface area contributed by atoms with Crippen molar-refractivity contribution in [2.75, 3.05) is 6.54 Å². The van der Waals surface area contributed by atoms with E-state index >= 15 is 0 Å². The Bertz CT molecular complexity index is 713. The van der Waals surface area contributed by atoms with E-state index in [9.17, 15) is 27.2 Å². The summed E-state index contributed by atoms with van der Waals surface area (Å²) in [6.45, 7) is 1.39. The summed E-state index contributed by atoms with van der Waals surface area (Å²) < 4.78 is 52.2. The number of rotatable bonds is 3. The minimum absolute atomic E-state index is 0.0876. The van der Waals surface area contributed by atoms with Gasteiger partial charge in [0.05, 0.1) is 0 Å². The van der Waals surface area contributed by atoms with Crippen LogP contribution in [-0.2, 0) is 0 Å². The molecule has 0 aromatic heterocycles. The van der Waals surface area contributed by atoms with Crippen molar-refractivity contribution in [2.24, 2.45) is 0 Å². The van der Waals surface area contributed by atoms with Crippen LogP contribution in [0.15, 0.2) is 36.4 Å². The molecule has 0 radical (unpaired) electrons. The van der Waals surface area contributed by atoms with Gasteiger partial charge in [0.25, 0.3) is 11.8 Å². The molecule has 0 spiro atoms. The summed E-state index contributed by atoms with van der Waals surface area (Å²) in [6, 6.07) is 4.92. The Hall–Kier alpha value is -2.70. The molecule has 7 heteroatoms. The summed E-state index contributed by atoms with van der Waals surface area (Å²) >= 11 is 0. The van der Waals surface area contributed by atoms with Crippen LogP contribution in [0.2, 0.25) is 0 Å². The van der Waals surface area contributed by atoms with E-state index in [0.717, 1.165) is 29.2 Å². The van der Waals surface area contributed by atoms with Gasteiger partial charge in [0, 0.05) is 17.7 Å². The van der Waals surface area contributed by atoms with Crippen LogP contribution < -0.4 is 0 Å². The van der Waals surface area contributed by atoms with Crippen molar-refractivity contribution in [3.8, 4) is 0 Å². The maximum atomic E-state index is 13.2. The minimum Gasteiger partial charge on any atom is -0.275 e. The van der Waals surface area contributed by atoms with Gasteiger partial charge in [0.2, 0.25) is 0 Å². The van der Waals surface area contributed by atoms with Crippen molar-refractivity contribution in [2.45, 2.75) is 6.92 Å². The van der Waals surface area contributed by atoms with Crippen LogP contribution in [0, 0.1) is 23.3 Å². The van der Waals surface area contributed by atoms with E-state index in [1.165, 1.54) is 6.92 Å². The second kappa shape index (κ2) is 6.60. The van der Waals surface area contributed by atoms with Gasteiger partial charge in [-0.15, -0.1) is 0 Å². The first-order chi connectivity index (χ1) is 10.8. The average Bonchev–Trinajstić information content (AvgIpc) is 2.53. The predicted molar refractivity (Wildman–Crippen MR) is 73.8 cm³/mol. The van der Waals surface area contributed by atoms with E-state index in [2.05, 4.69) is 0 Å². The molecule has 2 amide bonds. The van der Waals surface area contributed by atoms with Crippen molar-refractivity contribution in [3.63, 3.8) is 0 Å². The van der Waals surface area contributed by atoms with Gasteiger partial charge in [-0.1, -0.05) is 0 Å². The first-order valence-corrected chi connectivity index (χ1v) is 6.61. The molecule has 0 saturated heterocycles. The Kier molecular flexibility index (Phi) is 4.78. The normalized spacial score (nSPS) is 10.5. The van der Waals surface area contributed by atoms with Gasteiger partial charge in [0.1, 0.15) is 0 Å². The summed E-state index contributed by atoms with van der Waals surface area (Å²) in [7, 11) is 0. The van der Waals surface area contributed by atoms with Crippen molar-refractivity contribution in [1.82, 2.24) is 4.90 Å². The van der Waals surface area contributed by atoms with Crippen LogP contribution in [0.5, 0.6) is 0 Å². The zero-order chi connectivity index (χ0) is 17.1. The molecule has 0 aliphatic carbocycles. The monoisotopic (exact) mass is 325 g/mol. The second-order valence-corrected chi connectivity index (χ2v) is 4.61. The Morgan fingerprint density at radius 2 is 1.17 bits per heavy atom. The molecule has 0 bridgehead atoms. The molecule has 0 N–H and O–H groups in total. The maximum Gasteiger partial charge on any atom is 0.260 e. The molecule has 0 fully saturated rings. The summed E-state index contributed by atoms with van der Waals surface area (Å²) in [5.74, 6) is -6.46. The standard InChI is InChI=1S/C16H11F4NO2/c1-2-21(15(22)9-3-5-11(17)13(19)7-9)16(23)10-4-6-12(18)14(20)8-10/h3-8H,2H2,1H3. The van der Waals surface area contributed by atoms with E-state index in [-0.39, 0.29) is 17.7 Å². The van der Waals surface area contributed by atoms with Crippen molar-refractivity contribution >= 4 is 11.8 Å². The van der Waals surface area contributed by atoms with Crippen LogP contribution >= 0.6 is 0 Å². The smallest absolute Gasteiger partial charge is 0.260 e. The summed E-state index contributed by atoms with van der Waals surface area (Å²) in [5.41, 5.74) is -0.469. The van der Waals surface area contributed by atoms with Crippen molar-refractivity contribution in [3.05, 3.63) is 70.8 Å². The summed E-state index contributed by atoms with van der Waals surface area (Å²) in [5, 5.41) is 0. The quantitative estimate of drug-likeness (QED) is 0.639. The molecule has 2 aromatic rings. The van der Waals surface area contributed by atoms with Gasteiger partial charge in [-0.05, 0) is 43.3 Å². The van der Waals surface area contributed by atoms with Crippen LogP contribution in [0.3, 0.4) is 0 Å². The Labute approximate surface area is 129 Å².